The van der Waals surface area contributed by atoms with E-state index in [1.54, 1.807) is 18.2 Å². The first-order chi connectivity index (χ1) is 9.54. The topological polar surface area (TPSA) is 50.4 Å². The molecular formula is C15H21ClN2O2. The van der Waals surface area contributed by atoms with Crippen molar-refractivity contribution < 1.29 is 9.53 Å². The van der Waals surface area contributed by atoms with Gasteiger partial charge in [-0.3, -0.25) is 4.79 Å². The van der Waals surface area contributed by atoms with E-state index in [-0.39, 0.29) is 12.0 Å². The molecule has 1 aromatic carbocycles. The van der Waals surface area contributed by atoms with Crippen LogP contribution in [0.15, 0.2) is 18.2 Å². The summed E-state index contributed by atoms with van der Waals surface area (Å²) in [6.45, 7) is 5.14. The van der Waals surface area contributed by atoms with Crippen LogP contribution < -0.4 is 15.4 Å². The molecule has 1 aliphatic rings. The molecule has 1 amide bonds. The maximum atomic E-state index is 11.7. The van der Waals surface area contributed by atoms with Crippen LogP contribution in [-0.2, 0) is 4.79 Å². The van der Waals surface area contributed by atoms with E-state index in [1.807, 2.05) is 13.8 Å². The zero-order valence-corrected chi connectivity index (χ0v) is 12.7. The summed E-state index contributed by atoms with van der Waals surface area (Å²) in [5, 5.41) is 6.47. The van der Waals surface area contributed by atoms with Gasteiger partial charge in [0.25, 0.3) is 0 Å². The Morgan fingerprint density at radius 3 is 2.80 bits per heavy atom. The molecule has 0 aliphatic heterocycles. The molecule has 0 radical (unpaired) electrons. The molecular weight excluding hydrogens is 276 g/mol. The van der Waals surface area contributed by atoms with Crippen LogP contribution >= 0.6 is 11.6 Å². The van der Waals surface area contributed by atoms with Gasteiger partial charge in [-0.15, -0.1) is 0 Å². The first-order valence-corrected chi connectivity index (χ1v) is 7.39. The monoisotopic (exact) mass is 296 g/mol. The number of carbonyl (C=O) groups excluding carboxylic acids is 1. The predicted molar refractivity (Wildman–Crippen MR) is 81.4 cm³/mol. The number of carbonyl (C=O) groups is 1. The smallest absolute Gasteiger partial charge is 0.238 e. The molecule has 1 saturated carbocycles. The van der Waals surface area contributed by atoms with E-state index in [0.717, 1.165) is 12.5 Å². The molecule has 0 bridgehead atoms. The van der Waals surface area contributed by atoms with Crippen molar-refractivity contribution in [3.63, 3.8) is 0 Å². The molecule has 1 aliphatic carbocycles. The third-order valence-corrected chi connectivity index (χ3v) is 3.29. The number of nitrogens with one attached hydrogen (secondary N) is 2. The van der Waals surface area contributed by atoms with Crippen LogP contribution in [0, 0.1) is 5.92 Å². The van der Waals surface area contributed by atoms with Gasteiger partial charge in [0, 0.05) is 5.69 Å². The number of amides is 1. The average Bonchev–Trinajstić information content (AvgIpc) is 3.16. The summed E-state index contributed by atoms with van der Waals surface area (Å²) in [7, 11) is 0. The molecule has 2 rings (SSSR count). The molecule has 20 heavy (non-hydrogen) atoms. The van der Waals surface area contributed by atoms with Crippen LogP contribution in [0.2, 0.25) is 5.02 Å². The van der Waals surface area contributed by atoms with E-state index in [9.17, 15) is 4.79 Å². The first-order valence-electron chi connectivity index (χ1n) is 7.01. The van der Waals surface area contributed by atoms with Crippen LogP contribution in [0.3, 0.4) is 0 Å². The molecule has 110 valence electrons. The minimum Gasteiger partial charge on any atom is -0.489 e. The maximum Gasteiger partial charge on any atom is 0.238 e. The molecule has 1 fully saturated rings. The van der Waals surface area contributed by atoms with Crippen LogP contribution in [0.4, 0.5) is 5.69 Å². The van der Waals surface area contributed by atoms with Gasteiger partial charge in [0.1, 0.15) is 5.75 Å². The van der Waals surface area contributed by atoms with Crippen molar-refractivity contribution in [2.75, 3.05) is 18.4 Å². The summed E-state index contributed by atoms with van der Waals surface area (Å²) in [5.74, 6) is 1.34. The number of hydrogen-bond acceptors (Lipinski definition) is 3. The van der Waals surface area contributed by atoms with E-state index in [0.29, 0.717) is 23.0 Å². The zero-order chi connectivity index (χ0) is 14.5. The second-order valence-electron chi connectivity index (χ2n) is 5.43. The molecule has 0 unspecified atom stereocenters. The molecule has 0 aromatic heterocycles. The standard InChI is InChI=1S/C15H21ClN2O2/c1-10(2)20-14-6-5-12(7-13(14)16)18-15(19)9-17-8-11-3-4-11/h5-7,10-11,17H,3-4,8-9H2,1-2H3,(H,18,19). The fourth-order valence-electron chi connectivity index (χ4n) is 1.85. The van der Waals surface area contributed by atoms with Gasteiger partial charge in [-0.1, -0.05) is 11.6 Å². The highest BCUT2D eigenvalue weighted by atomic mass is 35.5. The highest BCUT2D eigenvalue weighted by molar-refractivity contribution is 6.32. The van der Waals surface area contributed by atoms with E-state index in [2.05, 4.69) is 10.6 Å². The zero-order valence-electron chi connectivity index (χ0n) is 11.9. The fourth-order valence-corrected chi connectivity index (χ4v) is 2.07. The van der Waals surface area contributed by atoms with Gasteiger partial charge in [0.15, 0.2) is 0 Å². The number of benzene rings is 1. The van der Waals surface area contributed by atoms with E-state index < -0.39 is 0 Å². The quantitative estimate of drug-likeness (QED) is 0.813. The molecule has 5 heteroatoms. The minimum atomic E-state index is -0.0563. The Morgan fingerprint density at radius 1 is 1.45 bits per heavy atom. The van der Waals surface area contributed by atoms with Gasteiger partial charge in [-0.05, 0) is 57.4 Å². The number of halogens is 1. The van der Waals surface area contributed by atoms with Gasteiger partial charge < -0.3 is 15.4 Å². The summed E-state index contributed by atoms with van der Waals surface area (Å²) in [5.41, 5.74) is 0.685. The molecule has 1 aromatic rings. The molecule has 4 nitrogen and oxygen atoms in total. The second-order valence-corrected chi connectivity index (χ2v) is 5.84. The SMILES string of the molecule is CC(C)Oc1ccc(NC(=O)CNCC2CC2)cc1Cl. The number of ether oxygens (including phenoxy) is 1. The van der Waals surface area contributed by atoms with Crippen LogP contribution in [0.5, 0.6) is 5.75 Å². The Balaban J connectivity index is 1.82. The largest absolute Gasteiger partial charge is 0.489 e. The van der Waals surface area contributed by atoms with Crippen LogP contribution in [0.1, 0.15) is 26.7 Å². The molecule has 0 saturated heterocycles. The van der Waals surface area contributed by atoms with Crippen molar-refractivity contribution >= 4 is 23.2 Å². The average molecular weight is 297 g/mol. The van der Waals surface area contributed by atoms with Crippen molar-refractivity contribution in [2.24, 2.45) is 5.92 Å². The van der Waals surface area contributed by atoms with Crippen molar-refractivity contribution in [1.82, 2.24) is 5.32 Å². The number of hydrogen-bond donors (Lipinski definition) is 2. The number of rotatable bonds is 7. The van der Waals surface area contributed by atoms with Crippen molar-refractivity contribution in [3.05, 3.63) is 23.2 Å². The fraction of sp³-hybridized carbons (Fsp3) is 0.533. The Bertz CT molecular complexity index is 473. The summed E-state index contributed by atoms with van der Waals surface area (Å²) in [4.78, 5) is 11.7. The van der Waals surface area contributed by atoms with E-state index in [4.69, 9.17) is 16.3 Å². The molecule has 0 heterocycles. The first kappa shape index (κ1) is 15.1. The molecule has 0 atom stereocenters. The Labute approximate surface area is 124 Å². The Hall–Kier alpha value is -1.26. The van der Waals surface area contributed by atoms with Crippen molar-refractivity contribution in [3.8, 4) is 5.75 Å². The van der Waals surface area contributed by atoms with Crippen LogP contribution in [0.25, 0.3) is 0 Å². The van der Waals surface area contributed by atoms with Gasteiger partial charge in [0.2, 0.25) is 5.91 Å². The van der Waals surface area contributed by atoms with E-state index in [1.165, 1.54) is 12.8 Å². The highest BCUT2D eigenvalue weighted by Gasteiger charge is 2.20. The summed E-state index contributed by atoms with van der Waals surface area (Å²) >= 11 is 6.12. The molecule has 0 spiro atoms. The summed E-state index contributed by atoms with van der Waals surface area (Å²) in [6, 6.07) is 5.27. The Kier molecular flexibility index (Phi) is 5.26. The summed E-state index contributed by atoms with van der Waals surface area (Å²) in [6.07, 6.45) is 2.63. The van der Waals surface area contributed by atoms with Crippen molar-refractivity contribution in [1.29, 1.82) is 0 Å². The second kappa shape index (κ2) is 6.95. The Morgan fingerprint density at radius 2 is 2.20 bits per heavy atom. The van der Waals surface area contributed by atoms with Crippen molar-refractivity contribution in [2.45, 2.75) is 32.8 Å². The normalized spacial score (nSPS) is 14.4. The van der Waals surface area contributed by atoms with Crippen LogP contribution in [-0.4, -0.2) is 25.1 Å². The summed E-state index contributed by atoms with van der Waals surface area (Å²) < 4.78 is 5.55. The third kappa shape index (κ3) is 5.02. The van der Waals surface area contributed by atoms with Gasteiger partial charge in [0.05, 0.1) is 17.7 Å². The maximum absolute atomic E-state index is 11.7. The van der Waals surface area contributed by atoms with Gasteiger partial charge in [-0.25, -0.2) is 0 Å². The molecule has 2 N–H and O–H groups in total. The minimum absolute atomic E-state index is 0.0563. The lowest BCUT2D eigenvalue weighted by atomic mass is 10.3. The van der Waals surface area contributed by atoms with Gasteiger partial charge >= 0.3 is 0 Å². The lowest BCUT2D eigenvalue weighted by Crippen LogP contribution is -2.29. The lowest BCUT2D eigenvalue weighted by molar-refractivity contribution is -0.115. The van der Waals surface area contributed by atoms with E-state index >= 15 is 0 Å². The third-order valence-electron chi connectivity index (χ3n) is 2.99. The lowest BCUT2D eigenvalue weighted by Gasteiger charge is -2.13. The predicted octanol–water partition coefficient (Wildman–Crippen LogP) is 3.07. The highest BCUT2D eigenvalue weighted by Crippen LogP contribution is 2.28. The number of anilines is 1. The van der Waals surface area contributed by atoms with Gasteiger partial charge in [-0.2, -0.15) is 0 Å².